The molecule has 16 heavy (non-hydrogen) atoms. The van der Waals surface area contributed by atoms with Gasteiger partial charge in [0.15, 0.2) is 0 Å². The number of nitrogen functional groups attached to an aromatic ring is 1. The predicted octanol–water partition coefficient (Wildman–Crippen LogP) is 2.12. The summed E-state index contributed by atoms with van der Waals surface area (Å²) in [4.78, 5) is 3.95. The van der Waals surface area contributed by atoms with E-state index in [2.05, 4.69) is 15.7 Å². The van der Waals surface area contributed by atoms with Crippen LogP contribution in [0.5, 0.6) is 0 Å². The smallest absolute Gasteiger partial charge is 0.367 e. The molecule has 0 fully saturated rings. The molecule has 0 bridgehead atoms. The molecule has 1 heterocycles. The highest BCUT2D eigenvalue weighted by Gasteiger charge is 2.29. The Bertz CT molecular complexity index is 340. The summed E-state index contributed by atoms with van der Waals surface area (Å²) in [6, 6.07) is 4.10. The van der Waals surface area contributed by atoms with Gasteiger partial charge >= 0.3 is 6.18 Å². The van der Waals surface area contributed by atoms with E-state index in [1.807, 2.05) is 0 Å². The summed E-state index contributed by atoms with van der Waals surface area (Å²) in [5.74, 6) is 5.88. The lowest BCUT2D eigenvalue weighted by molar-refractivity contribution is -0.136. The van der Waals surface area contributed by atoms with Crippen LogP contribution < -0.4 is 16.6 Å². The van der Waals surface area contributed by atoms with Crippen molar-refractivity contribution in [2.75, 3.05) is 10.7 Å². The third-order valence-corrected chi connectivity index (χ3v) is 1.83. The van der Waals surface area contributed by atoms with Gasteiger partial charge in [-0.1, -0.05) is 6.07 Å². The Labute approximate surface area is 91.0 Å². The van der Waals surface area contributed by atoms with Gasteiger partial charge in [-0.2, -0.15) is 13.2 Å². The minimum absolute atomic E-state index is 0.354. The largest absolute Gasteiger partial charge is 0.391 e. The fraction of sp³-hybridized carbons (Fsp3) is 0.444. The standard InChI is InChI=1S/C9H13F3N4/c1-6(5-9(10,11)12)14-7-3-2-4-8(15-7)16-13/h2-4,6H,5,13H2,1H3,(H2,14,15,16). The van der Waals surface area contributed by atoms with Gasteiger partial charge in [0.1, 0.15) is 11.6 Å². The summed E-state index contributed by atoms with van der Waals surface area (Å²) in [5, 5.41) is 2.65. The van der Waals surface area contributed by atoms with E-state index in [0.29, 0.717) is 11.6 Å². The van der Waals surface area contributed by atoms with Crippen LogP contribution in [0.2, 0.25) is 0 Å². The number of hydrogen-bond donors (Lipinski definition) is 3. The summed E-state index contributed by atoms with van der Waals surface area (Å²) < 4.78 is 36.2. The number of nitrogens with zero attached hydrogens (tertiary/aromatic N) is 1. The number of hydrogen-bond acceptors (Lipinski definition) is 4. The number of halogens is 3. The fourth-order valence-electron chi connectivity index (χ4n) is 1.25. The van der Waals surface area contributed by atoms with Crippen molar-refractivity contribution in [3.05, 3.63) is 18.2 Å². The van der Waals surface area contributed by atoms with Gasteiger partial charge in [0.2, 0.25) is 0 Å². The Morgan fingerprint density at radius 2 is 2.00 bits per heavy atom. The van der Waals surface area contributed by atoms with Crippen LogP contribution in [0.15, 0.2) is 18.2 Å². The van der Waals surface area contributed by atoms with Crippen LogP contribution in [0.25, 0.3) is 0 Å². The van der Waals surface area contributed by atoms with E-state index in [9.17, 15) is 13.2 Å². The summed E-state index contributed by atoms with van der Waals surface area (Å²) >= 11 is 0. The second-order valence-corrected chi connectivity index (χ2v) is 3.42. The molecule has 7 heteroatoms. The number of pyridine rings is 1. The molecule has 1 aromatic rings. The molecule has 4 N–H and O–H groups in total. The van der Waals surface area contributed by atoms with E-state index in [4.69, 9.17) is 5.84 Å². The van der Waals surface area contributed by atoms with Crippen LogP contribution in [-0.2, 0) is 0 Å². The quantitative estimate of drug-likeness (QED) is 0.551. The molecule has 0 saturated carbocycles. The first-order chi connectivity index (χ1) is 7.40. The molecule has 90 valence electrons. The van der Waals surface area contributed by atoms with Crippen LogP contribution >= 0.6 is 0 Å². The fourth-order valence-corrected chi connectivity index (χ4v) is 1.25. The predicted molar refractivity (Wildman–Crippen MR) is 55.8 cm³/mol. The van der Waals surface area contributed by atoms with Gasteiger partial charge in [0.25, 0.3) is 0 Å². The van der Waals surface area contributed by atoms with Crippen LogP contribution in [0.4, 0.5) is 24.8 Å². The summed E-state index contributed by atoms with van der Waals surface area (Å²) in [6.07, 6.45) is -5.09. The molecule has 0 aliphatic rings. The van der Waals surface area contributed by atoms with Crippen molar-refractivity contribution in [2.24, 2.45) is 5.84 Å². The Hall–Kier alpha value is -1.50. The van der Waals surface area contributed by atoms with Gasteiger partial charge in [-0.3, -0.25) is 0 Å². The molecule has 1 aromatic heterocycles. The Morgan fingerprint density at radius 3 is 2.56 bits per heavy atom. The van der Waals surface area contributed by atoms with E-state index in [1.165, 1.54) is 6.92 Å². The molecular formula is C9H13F3N4. The van der Waals surface area contributed by atoms with E-state index < -0.39 is 18.6 Å². The van der Waals surface area contributed by atoms with Crippen LogP contribution in [0.3, 0.4) is 0 Å². The SMILES string of the molecule is CC(CC(F)(F)F)Nc1cccc(NN)n1. The van der Waals surface area contributed by atoms with E-state index in [1.54, 1.807) is 18.2 Å². The summed E-state index contributed by atoms with van der Waals surface area (Å²) in [7, 11) is 0. The Balaban J connectivity index is 2.59. The average Bonchev–Trinajstić information content (AvgIpc) is 2.15. The lowest BCUT2D eigenvalue weighted by Crippen LogP contribution is -2.24. The molecule has 1 atom stereocenters. The second-order valence-electron chi connectivity index (χ2n) is 3.42. The molecule has 1 rings (SSSR count). The summed E-state index contributed by atoms with van der Waals surface area (Å²) in [6.45, 7) is 1.44. The zero-order valence-electron chi connectivity index (χ0n) is 8.67. The Kier molecular flexibility index (Phi) is 3.94. The van der Waals surface area contributed by atoms with E-state index in [-0.39, 0.29) is 0 Å². The highest BCUT2D eigenvalue weighted by molar-refractivity contribution is 5.44. The third-order valence-electron chi connectivity index (χ3n) is 1.83. The molecule has 0 aliphatic heterocycles. The zero-order valence-corrected chi connectivity index (χ0v) is 8.67. The van der Waals surface area contributed by atoms with Gasteiger partial charge in [0.05, 0.1) is 6.42 Å². The summed E-state index contributed by atoms with van der Waals surface area (Å²) in [5.41, 5.74) is 2.32. The number of nitrogens with one attached hydrogen (secondary N) is 2. The maximum atomic E-state index is 12.1. The van der Waals surface area contributed by atoms with Gasteiger partial charge in [0, 0.05) is 6.04 Å². The lowest BCUT2D eigenvalue weighted by atomic mass is 10.2. The van der Waals surface area contributed by atoms with Gasteiger partial charge in [-0.25, -0.2) is 10.8 Å². The number of aromatic nitrogens is 1. The highest BCUT2D eigenvalue weighted by atomic mass is 19.4. The van der Waals surface area contributed by atoms with Gasteiger partial charge < -0.3 is 10.7 Å². The van der Waals surface area contributed by atoms with Crippen molar-refractivity contribution >= 4 is 11.6 Å². The highest BCUT2D eigenvalue weighted by Crippen LogP contribution is 2.23. The lowest BCUT2D eigenvalue weighted by Gasteiger charge is -2.16. The average molecular weight is 234 g/mol. The molecule has 0 amide bonds. The molecule has 1 unspecified atom stereocenters. The van der Waals surface area contributed by atoms with E-state index >= 15 is 0 Å². The van der Waals surface area contributed by atoms with Gasteiger partial charge in [-0.15, -0.1) is 0 Å². The Morgan fingerprint density at radius 1 is 1.38 bits per heavy atom. The van der Waals surface area contributed by atoms with Crippen LogP contribution in [0.1, 0.15) is 13.3 Å². The first-order valence-corrected chi connectivity index (χ1v) is 4.67. The molecule has 0 saturated heterocycles. The molecule has 4 nitrogen and oxygen atoms in total. The molecule has 0 aromatic carbocycles. The second kappa shape index (κ2) is 5.02. The molecule has 0 radical (unpaired) electrons. The van der Waals surface area contributed by atoms with Crippen LogP contribution in [-0.4, -0.2) is 17.2 Å². The number of hydrazine groups is 1. The first kappa shape index (κ1) is 12.6. The number of nitrogens with two attached hydrogens (primary N) is 1. The minimum atomic E-state index is -4.18. The van der Waals surface area contributed by atoms with Crippen molar-refractivity contribution in [3.8, 4) is 0 Å². The number of alkyl halides is 3. The van der Waals surface area contributed by atoms with Crippen molar-refractivity contribution in [3.63, 3.8) is 0 Å². The zero-order chi connectivity index (χ0) is 12.2. The maximum absolute atomic E-state index is 12.1. The van der Waals surface area contributed by atoms with Crippen molar-refractivity contribution in [1.82, 2.24) is 4.98 Å². The molecule has 0 spiro atoms. The number of rotatable bonds is 4. The van der Waals surface area contributed by atoms with Gasteiger partial charge in [-0.05, 0) is 19.1 Å². The van der Waals surface area contributed by atoms with Crippen molar-refractivity contribution in [2.45, 2.75) is 25.6 Å². The van der Waals surface area contributed by atoms with E-state index in [0.717, 1.165) is 0 Å². The first-order valence-electron chi connectivity index (χ1n) is 4.67. The third kappa shape index (κ3) is 4.35. The van der Waals surface area contributed by atoms with Crippen LogP contribution in [0, 0.1) is 0 Å². The molecular weight excluding hydrogens is 221 g/mol. The van der Waals surface area contributed by atoms with Crippen molar-refractivity contribution < 1.29 is 13.2 Å². The maximum Gasteiger partial charge on any atom is 0.391 e. The topological polar surface area (TPSA) is 63.0 Å². The molecule has 0 aliphatic carbocycles. The number of anilines is 2. The van der Waals surface area contributed by atoms with Crippen molar-refractivity contribution in [1.29, 1.82) is 0 Å². The minimum Gasteiger partial charge on any atom is -0.367 e. The normalized spacial score (nSPS) is 13.3. The monoisotopic (exact) mass is 234 g/mol.